The second-order valence-electron chi connectivity index (χ2n) is 2.37. The number of nitrogens with one attached hydrogen (secondary N) is 2. The fourth-order valence-electron chi connectivity index (χ4n) is 0.892. The Labute approximate surface area is 65.7 Å². The Balaban J connectivity index is 2.36. The van der Waals surface area contributed by atoms with Gasteiger partial charge in [-0.3, -0.25) is 0 Å². The Morgan fingerprint density at radius 2 is 2.64 bits per heavy atom. The summed E-state index contributed by atoms with van der Waals surface area (Å²) in [6, 6.07) is 0.178. The molecule has 11 heavy (non-hydrogen) atoms. The van der Waals surface area contributed by atoms with Crippen molar-refractivity contribution in [2.24, 2.45) is 0 Å². The van der Waals surface area contributed by atoms with Crippen LogP contribution < -0.4 is 5.32 Å². The van der Waals surface area contributed by atoms with Crippen LogP contribution in [0.1, 0.15) is 18.8 Å². The number of imidazole rings is 1. The Morgan fingerprint density at radius 1 is 1.82 bits per heavy atom. The molecule has 1 rings (SSSR count). The van der Waals surface area contributed by atoms with E-state index < -0.39 is 0 Å². The lowest BCUT2D eigenvalue weighted by Crippen LogP contribution is -2.22. The van der Waals surface area contributed by atoms with Crippen LogP contribution in [-0.4, -0.2) is 28.2 Å². The highest BCUT2D eigenvalue weighted by Gasteiger charge is 2.04. The maximum absolute atomic E-state index is 8.52. The zero-order chi connectivity index (χ0) is 8.10. The Morgan fingerprint density at radius 3 is 3.18 bits per heavy atom. The van der Waals surface area contributed by atoms with Gasteiger partial charge in [0.05, 0.1) is 12.6 Å². The molecule has 4 heteroatoms. The minimum absolute atomic E-state index is 0.158. The highest BCUT2D eigenvalue weighted by molar-refractivity contribution is 4.93. The molecule has 4 nitrogen and oxygen atoms in total. The number of aliphatic hydroxyl groups is 1. The van der Waals surface area contributed by atoms with Crippen LogP contribution >= 0.6 is 0 Å². The largest absolute Gasteiger partial charge is 0.395 e. The van der Waals surface area contributed by atoms with E-state index in [1.807, 2.05) is 6.92 Å². The van der Waals surface area contributed by atoms with Crippen LogP contribution in [0.3, 0.4) is 0 Å². The molecule has 1 heterocycles. The van der Waals surface area contributed by atoms with Gasteiger partial charge in [-0.15, -0.1) is 0 Å². The molecule has 1 unspecified atom stereocenters. The summed E-state index contributed by atoms with van der Waals surface area (Å²) in [5.41, 5.74) is 0. The lowest BCUT2D eigenvalue weighted by Gasteiger charge is -2.08. The molecule has 0 spiro atoms. The number of hydrogen-bond acceptors (Lipinski definition) is 3. The van der Waals surface area contributed by atoms with Crippen molar-refractivity contribution in [2.45, 2.75) is 13.0 Å². The standard InChI is InChI=1S/C7H13N3O/c1-6(8-4-5-11)7-9-2-3-10-7/h2-3,6,8,11H,4-5H2,1H3,(H,9,10). The summed E-state index contributed by atoms with van der Waals surface area (Å²) in [6.07, 6.45) is 3.50. The SMILES string of the molecule is CC(NCCO)c1ncc[nH]1. The monoisotopic (exact) mass is 155 g/mol. The molecule has 0 aliphatic carbocycles. The lowest BCUT2D eigenvalue weighted by molar-refractivity contribution is 0.285. The van der Waals surface area contributed by atoms with Crippen molar-refractivity contribution in [3.8, 4) is 0 Å². The molecule has 0 aliphatic rings. The Kier molecular flexibility index (Phi) is 3.07. The van der Waals surface area contributed by atoms with E-state index in [1.165, 1.54) is 0 Å². The number of aromatic amines is 1. The third kappa shape index (κ3) is 2.32. The highest BCUT2D eigenvalue weighted by Crippen LogP contribution is 2.03. The van der Waals surface area contributed by atoms with Crippen LogP contribution in [0.2, 0.25) is 0 Å². The minimum Gasteiger partial charge on any atom is -0.395 e. The second kappa shape index (κ2) is 4.10. The van der Waals surface area contributed by atoms with Gasteiger partial charge in [0.25, 0.3) is 0 Å². The molecule has 1 atom stereocenters. The van der Waals surface area contributed by atoms with Gasteiger partial charge in [-0.25, -0.2) is 4.98 Å². The van der Waals surface area contributed by atoms with Crippen LogP contribution in [0.25, 0.3) is 0 Å². The highest BCUT2D eigenvalue weighted by atomic mass is 16.3. The average molecular weight is 155 g/mol. The fraction of sp³-hybridized carbons (Fsp3) is 0.571. The molecule has 1 aromatic rings. The number of aliphatic hydroxyl groups excluding tert-OH is 1. The number of rotatable bonds is 4. The lowest BCUT2D eigenvalue weighted by atomic mass is 10.3. The van der Waals surface area contributed by atoms with E-state index in [2.05, 4.69) is 15.3 Å². The summed E-state index contributed by atoms with van der Waals surface area (Å²) < 4.78 is 0. The summed E-state index contributed by atoms with van der Waals surface area (Å²) in [6.45, 7) is 2.75. The molecular formula is C7H13N3O. The first kappa shape index (κ1) is 8.23. The predicted molar refractivity (Wildman–Crippen MR) is 42.1 cm³/mol. The van der Waals surface area contributed by atoms with Crippen molar-refractivity contribution in [1.82, 2.24) is 15.3 Å². The van der Waals surface area contributed by atoms with Crippen LogP contribution in [0.15, 0.2) is 12.4 Å². The topological polar surface area (TPSA) is 60.9 Å². The number of aromatic nitrogens is 2. The zero-order valence-corrected chi connectivity index (χ0v) is 6.54. The molecule has 0 aliphatic heterocycles. The molecule has 1 aromatic heterocycles. The minimum atomic E-state index is 0.158. The molecule has 0 fully saturated rings. The zero-order valence-electron chi connectivity index (χ0n) is 6.54. The Hall–Kier alpha value is -0.870. The fourth-order valence-corrected chi connectivity index (χ4v) is 0.892. The third-order valence-electron chi connectivity index (χ3n) is 1.49. The number of nitrogens with zero attached hydrogens (tertiary/aromatic N) is 1. The number of hydrogen-bond donors (Lipinski definition) is 3. The van der Waals surface area contributed by atoms with Gasteiger partial charge in [0.1, 0.15) is 5.82 Å². The summed E-state index contributed by atoms with van der Waals surface area (Å²) in [4.78, 5) is 7.06. The summed E-state index contributed by atoms with van der Waals surface area (Å²) >= 11 is 0. The molecule has 0 aromatic carbocycles. The van der Waals surface area contributed by atoms with Gasteiger partial charge in [-0.05, 0) is 6.92 Å². The molecule has 0 saturated carbocycles. The maximum Gasteiger partial charge on any atom is 0.122 e. The molecule has 62 valence electrons. The molecule has 0 radical (unpaired) electrons. The van der Waals surface area contributed by atoms with Crippen molar-refractivity contribution < 1.29 is 5.11 Å². The predicted octanol–water partition coefficient (Wildman–Crippen LogP) is 0.0526. The first-order valence-corrected chi connectivity index (χ1v) is 3.68. The van der Waals surface area contributed by atoms with Gasteiger partial charge < -0.3 is 15.4 Å². The van der Waals surface area contributed by atoms with Gasteiger partial charge in [0.15, 0.2) is 0 Å². The summed E-state index contributed by atoms with van der Waals surface area (Å²) in [7, 11) is 0. The van der Waals surface area contributed by atoms with Crippen LogP contribution in [0.4, 0.5) is 0 Å². The van der Waals surface area contributed by atoms with Crippen molar-refractivity contribution in [3.05, 3.63) is 18.2 Å². The first-order chi connectivity index (χ1) is 5.34. The first-order valence-electron chi connectivity index (χ1n) is 3.68. The molecule has 3 N–H and O–H groups in total. The van der Waals surface area contributed by atoms with Gasteiger partial charge in [0.2, 0.25) is 0 Å². The Bertz CT molecular complexity index is 186. The van der Waals surface area contributed by atoms with Crippen LogP contribution in [0.5, 0.6) is 0 Å². The van der Waals surface area contributed by atoms with E-state index >= 15 is 0 Å². The summed E-state index contributed by atoms with van der Waals surface area (Å²) in [5, 5.41) is 11.6. The normalized spacial score (nSPS) is 13.3. The third-order valence-corrected chi connectivity index (χ3v) is 1.49. The van der Waals surface area contributed by atoms with Crippen molar-refractivity contribution in [2.75, 3.05) is 13.2 Å². The van der Waals surface area contributed by atoms with Crippen molar-refractivity contribution in [3.63, 3.8) is 0 Å². The van der Waals surface area contributed by atoms with E-state index in [-0.39, 0.29) is 12.6 Å². The van der Waals surface area contributed by atoms with Crippen LogP contribution in [0, 0.1) is 0 Å². The smallest absolute Gasteiger partial charge is 0.122 e. The second-order valence-corrected chi connectivity index (χ2v) is 2.37. The summed E-state index contributed by atoms with van der Waals surface area (Å²) in [5.74, 6) is 0.901. The molecule has 0 saturated heterocycles. The number of H-pyrrole nitrogens is 1. The van der Waals surface area contributed by atoms with E-state index in [0.717, 1.165) is 5.82 Å². The quantitative estimate of drug-likeness (QED) is 0.576. The van der Waals surface area contributed by atoms with E-state index in [9.17, 15) is 0 Å². The van der Waals surface area contributed by atoms with E-state index in [1.54, 1.807) is 12.4 Å². The van der Waals surface area contributed by atoms with Gasteiger partial charge in [-0.1, -0.05) is 0 Å². The molecular weight excluding hydrogens is 142 g/mol. The van der Waals surface area contributed by atoms with Gasteiger partial charge in [-0.2, -0.15) is 0 Å². The maximum atomic E-state index is 8.52. The average Bonchev–Trinajstić information content (AvgIpc) is 2.52. The van der Waals surface area contributed by atoms with Crippen molar-refractivity contribution in [1.29, 1.82) is 0 Å². The molecule has 0 amide bonds. The van der Waals surface area contributed by atoms with Crippen LogP contribution in [-0.2, 0) is 0 Å². The van der Waals surface area contributed by atoms with E-state index in [0.29, 0.717) is 6.54 Å². The van der Waals surface area contributed by atoms with Crippen molar-refractivity contribution >= 4 is 0 Å². The van der Waals surface area contributed by atoms with E-state index in [4.69, 9.17) is 5.11 Å². The van der Waals surface area contributed by atoms with Gasteiger partial charge in [0, 0.05) is 18.9 Å². The van der Waals surface area contributed by atoms with Gasteiger partial charge >= 0.3 is 0 Å². The molecule has 0 bridgehead atoms.